The molecule has 1 fully saturated rings. The second kappa shape index (κ2) is 5.49. The first kappa shape index (κ1) is 14.9. The number of ether oxygens (including phenoxy) is 1. The number of sulfonamides is 1. The normalized spacial score (nSPS) is 20.1. The number of nitrogens with zero attached hydrogens (tertiary/aromatic N) is 1. The van der Waals surface area contributed by atoms with Crippen LogP contribution in [0.5, 0.6) is 0 Å². The van der Waals surface area contributed by atoms with Crippen LogP contribution in [-0.4, -0.2) is 38.4 Å². The quantitative estimate of drug-likeness (QED) is 0.793. The van der Waals surface area contributed by atoms with Crippen molar-refractivity contribution in [3.05, 3.63) is 29.6 Å². The van der Waals surface area contributed by atoms with Crippen molar-refractivity contribution in [2.75, 3.05) is 13.7 Å². The molecule has 1 atom stereocenters. The zero-order valence-corrected chi connectivity index (χ0v) is 12.1. The Balaban J connectivity index is 2.44. The molecule has 1 saturated heterocycles. The van der Waals surface area contributed by atoms with E-state index < -0.39 is 32.7 Å². The molecule has 7 heteroatoms. The summed E-state index contributed by atoms with van der Waals surface area (Å²) in [5.41, 5.74) is 0.638. The van der Waals surface area contributed by atoms with Crippen molar-refractivity contribution in [1.29, 1.82) is 0 Å². The molecule has 20 heavy (non-hydrogen) atoms. The smallest absolute Gasteiger partial charge is 0.324 e. The maximum absolute atomic E-state index is 13.8. The minimum absolute atomic E-state index is 0.190. The summed E-state index contributed by atoms with van der Waals surface area (Å²) in [7, 11) is -2.83. The number of hydrogen-bond acceptors (Lipinski definition) is 4. The number of rotatable bonds is 3. The molecule has 1 aliphatic heterocycles. The summed E-state index contributed by atoms with van der Waals surface area (Å²) in [5.74, 6) is -1.43. The Morgan fingerprint density at radius 2 is 2.15 bits per heavy atom. The van der Waals surface area contributed by atoms with Gasteiger partial charge in [-0.15, -0.1) is 0 Å². The lowest BCUT2D eigenvalue weighted by Gasteiger charge is -2.22. The van der Waals surface area contributed by atoms with Gasteiger partial charge in [-0.3, -0.25) is 4.79 Å². The van der Waals surface area contributed by atoms with Crippen molar-refractivity contribution in [3.8, 4) is 0 Å². The molecule has 0 N–H and O–H groups in total. The van der Waals surface area contributed by atoms with Crippen molar-refractivity contribution < 1.29 is 22.3 Å². The summed E-state index contributed by atoms with van der Waals surface area (Å²) >= 11 is 0. The highest BCUT2D eigenvalue weighted by Crippen LogP contribution is 2.28. The van der Waals surface area contributed by atoms with Gasteiger partial charge >= 0.3 is 5.97 Å². The van der Waals surface area contributed by atoms with Crippen molar-refractivity contribution in [2.45, 2.75) is 30.7 Å². The predicted octanol–water partition coefficient (Wildman–Crippen LogP) is 1.46. The highest BCUT2D eigenvalue weighted by molar-refractivity contribution is 7.89. The number of hydrogen-bond donors (Lipinski definition) is 0. The molecule has 1 aromatic carbocycles. The summed E-state index contributed by atoms with van der Waals surface area (Å²) < 4.78 is 44.5. The van der Waals surface area contributed by atoms with Crippen molar-refractivity contribution in [1.82, 2.24) is 4.31 Å². The van der Waals surface area contributed by atoms with E-state index in [-0.39, 0.29) is 6.54 Å². The van der Waals surface area contributed by atoms with Crippen LogP contribution in [0.2, 0.25) is 0 Å². The van der Waals surface area contributed by atoms with E-state index in [4.69, 9.17) is 0 Å². The Labute approximate surface area is 117 Å². The summed E-state index contributed by atoms with van der Waals surface area (Å²) in [6, 6.07) is 3.02. The molecule has 2 rings (SSSR count). The molecule has 110 valence electrons. The van der Waals surface area contributed by atoms with Crippen LogP contribution in [-0.2, 0) is 19.6 Å². The van der Waals surface area contributed by atoms with Gasteiger partial charge in [0.1, 0.15) is 16.8 Å². The summed E-state index contributed by atoms with van der Waals surface area (Å²) in [4.78, 5) is 11.2. The Hall–Kier alpha value is -1.47. The summed E-state index contributed by atoms with van der Waals surface area (Å²) in [6.07, 6.45) is 0.936. The molecule has 1 aliphatic rings. The highest BCUT2D eigenvalue weighted by Gasteiger charge is 2.41. The summed E-state index contributed by atoms with van der Waals surface area (Å²) in [6.45, 7) is 1.87. The molecule has 0 bridgehead atoms. The van der Waals surface area contributed by atoms with E-state index in [9.17, 15) is 17.6 Å². The van der Waals surface area contributed by atoms with E-state index in [1.807, 2.05) is 0 Å². The summed E-state index contributed by atoms with van der Waals surface area (Å²) in [5, 5.41) is 0. The number of carbonyl (C=O) groups is 1. The average molecular weight is 301 g/mol. The van der Waals surface area contributed by atoms with Crippen LogP contribution in [0.4, 0.5) is 4.39 Å². The van der Waals surface area contributed by atoms with Crippen LogP contribution in [0.15, 0.2) is 23.1 Å². The molecule has 1 heterocycles. The molecule has 0 radical (unpaired) electrons. The minimum atomic E-state index is -4.04. The standard InChI is InChI=1S/C13H16FNO4S/c1-9-5-6-10(14)12(8-9)20(17,18)15-7-3-4-11(15)13(16)19-2/h5-6,8,11H,3-4,7H2,1-2H3. The van der Waals surface area contributed by atoms with Crippen molar-refractivity contribution in [3.63, 3.8) is 0 Å². The molecule has 0 aromatic heterocycles. The number of methoxy groups -OCH3 is 1. The van der Waals surface area contributed by atoms with Crippen LogP contribution in [0.25, 0.3) is 0 Å². The molecule has 0 aliphatic carbocycles. The van der Waals surface area contributed by atoms with Gasteiger partial charge < -0.3 is 4.74 Å². The second-order valence-corrected chi connectivity index (χ2v) is 6.59. The minimum Gasteiger partial charge on any atom is -0.468 e. The van der Waals surface area contributed by atoms with Gasteiger partial charge in [-0.25, -0.2) is 12.8 Å². The van der Waals surface area contributed by atoms with Gasteiger partial charge in [0.05, 0.1) is 7.11 Å². The Kier molecular flexibility index (Phi) is 4.10. The molecule has 1 unspecified atom stereocenters. The van der Waals surface area contributed by atoms with Crippen LogP contribution < -0.4 is 0 Å². The van der Waals surface area contributed by atoms with E-state index >= 15 is 0 Å². The molecular weight excluding hydrogens is 285 g/mol. The highest BCUT2D eigenvalue weighted by atomic mass is 32.2. The van der Waals surface area contributed by atoms with Gasteiger partial charge in [0.15, 0.2) is 0 Å². The second-order valence-electron chi connectivity index (χ2n) is 4.73. The lowest BCUT2D eigenvalue weighted by molar-refractivity contribution is -0.144. The Bertz CT molecular complexity index is 629. The maximum Gasteiger partial charge on any atom is 0.324 e. The van der Waals surface area contributed by atoms with Gasteiger partial charge in [-0.2, -0.15) is 4.31 Å². The maximum atomic E-state index is 13.8. The third kappa shape index (κ3) is 2.55. The van der Waals surface area contributed by atoms with Gasteiger partial charge in [-0.1, -0.05) is 6.07 Å². The van der Waals surface area contributed by atoms with Crippen molar-refractivity contribution in [2.24, 2.45) is 0 Å². The fourth-order valence-electron chi connectivity index (χ4n) is 2.33. The molecular formula is C13H16FNO4S. The molecule has 0 amide bonds. The Morgan fingerprint density at radius 1 is 1.45 bits per heavy atom. The monoisotopic (exact) mass is 301 g/mol. The first-order valence-electron chi connectivity index (χ1n) is 6.23. The third-order valence-electron chi connectivity index (χ3n) is 3.35. The van der Waals surface area contributed by atoms with Gasteiger partial charge in [0.25, 0.3) is 0 Å². The van der Waals surface area contributed by atoms with Crippen LogP contribution in [0.1, 0.15) is 18.4 Å². The number of carbonyl (C=O) groups excluding carboxylic acids is 1. The number of esters is 1. The van der Waals surface area contributed by atoms with Crippen LogP contribution >= 0.6 is 0 Å². The fraction of sp³-hybridized carbons (Fsp3) is 0.462. The van der Waals surface area contributed by atoms with E-state index in [2.05, 4.69) is 4.74 Å². The van der Waals surface area contributed by atoms with Gasteiger partial charge in [-0.05, 0) is 37.5 Å². The molecule has 0 spiro atoms. The van der Waals surface area contributed by atoms with E-state index in [1.54, 1.807) is 6.92 Å². The van der Waals surface area contributed by atoms with E-state index in [0.29, 0.717) is 18.4 Å². The Morgan fingerprint density at radius 3 is 2.80 bits per heavy atom. The van der Waals surface area contributed by atoms with E-state index in [0.717, 1.165) is 10.4 Å². The van der Waals surface area contributed by atoms with Gasteiger partial charge in [0.2, 0.25) is 10.0 Å². The average Bonchev–Trinajstić information content (AvgIpc) is 2.90. The topological polar surface area (TPSA) is 63.7 Å². The first-order chi connectivity index (χ1) is 9.37. The lowest BCUT2D eigenvalue weighted by atomic mass is 10.2. The largest absolute Gasteiger partial charge is 0.468 e. The predicted molar refractivity (Wildman–Crippen MR) is 70.1 cm³/mol. The fourth-order valence-corrected chi connectivity index (χ4v) is 4.13. The number of benzene rings is 1. The zero-order chi connectivity index (χ0) is 14.9. The van der Waals surface area contributed by atoms with Crippen molar-refractivity contribution >= 4 is 16.0 Å². The van der Waals surface area contributed by atoms with E-state index in [1.165, 1.54) is 19.2 Å². The third-order valence-corrected chi connectivity index (χ3v) is 5.27. The SMILES string of the molecule is COC(=O)C1CCCN1S(=O)(=O)c1cc(C)ccc1F. The molecule has 1 aromatic rings. The van der Waals surface area contributed by atoms with Crippen LogP contribution in [0, 0.1) is 12.7 Å². The first-order valence-corrected chi connectivity index (χ1v) is 7.67. The van der Waals surface area contributed by atoms with Gasteiger partial charge in [0, 0.05) is 6.54 Å². The number of aryl methyl sites for hydroxylation is 1. The number of halogens is 1. The zero-order valence-electron chi connectivity index (χ0n) is 11.3. The molecule has 5 nitrogen and oxygen atoms in total. The van der Waals surface area contributed by atoms with Crippen LogP contribution in [0.3, 0.4) is 0 Å². The lowest BCUT2D eigenvalue weighted by Crippen LogP contribution is -2.41. The molecule has 0 saturated carbocycles.